The molecule has 0 aliphatic carbocycles. The monoisotopic (exact) mass is 353 g/mol. The molecule has 1 N–H and O–H groups in total. The van der Waals surface area contributed by atoms with Gasteiger partial charge in [0, 0.05) is 19.2 Å². The van der Waals surface area contributed by atoms with E-state index in [0.29, 0.717) is 27.4 Å². The lowest BCUT2D eigenvalue weighted by Gasteiger charge is -2.07. The summed E-state index contributed by atoms with van der Waals surface area (Å²) in [6.45, 7) is 0. The normalized spacial score (nSPS) is 11.2. The number of halogens is 1. The van der Waals surface area contributed by atoms with Gasteiger partial charge in [-0.15, -0.1) is 0 Å². The third-order valence-corrected chi connectivity index (χ3v) is 4.10. The molecule has 0 saturated heterocycles. The first-order valence-electron chi connectivity index (χ1n) is 6.01. The summed E-state index contributed by atoms with van der Waals surface area (Å²) < 4.78 is 14.2. The maximum Gasteiger partial charge on any atom is 0.355 e. The van der Waals surface area contributed by atoms with Gasteiger partial charge in [0.2, 0.25) is 5.78 Å². The average Bonchev–Trinajstić information content (AvgIpc) is 2.93. The number of benzene rings is 1. The first kappa shape index (κ1) is 13.7. The predicted molar refractivity (Wildman–Crippen MR) is 79.4 cm³/mol. The molecular formula is C13H12BrN3O4. The van der Waals surface area contributed by atoms with Gasteiger partial charge in [-0.1, -0.05) is 0 Å². The number of imidazole rings is 2. The molecule has 21 heavy (non-hydrogen) atoms. The maximum atomic E-state index is 11.3. The van der Waals surface area contributed by atoms with Gasteiger partial charge in [0.1, 0.15) is 4.60 Å². The van der Waals surface area contributed by atoms with E-state index in [-0.39, 0.29) is 5.69 Å². The molecule has 7 nitrogen and oxygen atoms in total. The number of carboxylic acid groups (broad SMARTS) is 1. The molecule has 110 valence electrons. The van der Waals surface area contributed by atoms with E-state index in [0.717, 1.165) is 5.52 Å². The molecule has 0 atom stereocenters. The summed E-state index contributed by atoms with van der Waals surface area (Å²) in [6.07, 6.45) is 0. The Balaban J connectivity index is 2.45. The number of fused-ring (bicyclic) bond motifs is 3. The second kappa shape index (κ2) is 4.66. The lowest BCUT2D eigenvalue weighted by molar-refractivity contribution is 0.0685. The van der Waals surface area contributed by atoms with Crippen LogP contribution in [0.3, 0.4) is 0 Å². The zero-order valence-corrected chi connectivity index (χ0v) is 13.1. The van der Waals surface area contributed by atoms with Crippen LogP contribution < -0.4 is 9.47 Å². The molecule has 0 unspecified atom stereocenters. The minimum Gasteiger partial charge on any atom is -0.493 e. The minimum absolute atomic E-state index is 0.134. The molecule has 3 aromatic rings. The van der Waals surface area contributed by atoms with Crippen LogP contribution in [0.25, 0.3) is 16.8 Å². The molecule has 0 aliphatic rings. The molecule has 0 aliphatic heterocycles. The number of carbonyl (C=O) groups is 1. The van der Waals surface area contributed by atoms with Crippen molar-refractivity contribution in [3.8, 4) is 11.5 Å². The molecule has 8 heteroatoms. The predicted octanol–water partition coefficient (Wildman–Crippen LogP) is 2.30. The van der Waals surface area contributed by atoms with Gasteiger partial charge in [0.15, 0.2) is 17.2 Å². The number of rotatable bonds is 3. The van der Waals surface area contributed by atoms with Crippen LogP contribution in [-0.4, -0.2) is 39.2 Å². The highest BCUT2D eigenvalue weighted by molar-refractivity contribution is 9.10. The van der Waals surface area contributed by atoms with Gasteiger partial charge < -0.3 is 19.1 Å². The molecular weight excluding hydrogens is 342 g/mol. The highest BCUT2D eigenvalue weighted by Crippen LogP contribution is 2.34. The van der Waals surface area contributed by atoms with Gasteiger partial charge in [0.05, 0.1) is 25.3 Å². The van der Waals surface area contributed by atoms with Crippen LogP contribution in [0.2, 0.25) is 0 Å². The molecule has 3 rings (SSSR count). The molecule has 0 amide bonds. The summed E-state index contributed by atoms with van der Waals surface area (Å²) in [5.74, 6) is 0.621. The highest BCUT2D eigenvalue weighted by atomic mass is 79.9. The summed E-state index contributed by atoms with van der Waals surface area (Å²) in [4.78, 5) is 15.8. The summed E-state index contributed by atoms with van der Waals surface area (Å²) in [5.41, 5.74) is 1.56. The second-order valence-corrected chi connectivity index (χ2v) is 5.20. The number of methoxy groups -OCH3 is 2. The Hall–Kier alpha value is -2.22. The number of aryl methyl sites for hydroxylation is 1. The second-order valence-electron chi connectivity index (χ2n) is 4.45. The Bertz CT molecular complexity index is 881. The van der Waals surface area contributed by atoms with Gasteiger partial charge in [-0.25, -0.2) is 9.78 Å². The van der Waals surface area contributed by atoms with Gasteiger partial charge in [-0.05, 0) is 15.9 Å². The van der Waals surface area contributed by atoms with E-state index in [1.165, 1.54) is 4.57 Å². The van der Waals surface area contributed by atoms with Crippen molar-refractivity contribution in [1.82, 2.24) is 14.0 Å². The first-order valence-corrected chi connectivity index (χ1v) is 6.80. The summed E-state index contributed by atoms with van der Waals surface area (Å²) in [5, 5.41) is 9.28. The van der Waals surface area contributed by atoms with E-state index in [4.69, 9.17) is 9.47 Å². The van der Waals surface area contributed by atoms with Gasteiger partial charge in [-0.3, -0.25) is 4.40 Å². The smallest absolute Gasteiger partial charge is 0.355 e. The fourth-order valence-electron chi connectivity index (χ4n) is 2.39. The molecule has 0 bridgehead atoms. The van der Waals surface area contributed by atoms with Crippen LogP contribution in [0.15, 0.2) is 16.7 Å². The minimum atomic E-state index is -1.02. The van der Waals surface area contributed by atoms with E-state index < -0.39 is 5.97 Å². The van der Waals surface area contributed by atoms with E-state index in [9.17, 15) is 9.90 Å². The van der Waals surface area contributed by atoms with Crippen molar-refractivity contribution in [3.63, 3.8) is 0 Å². The topological polar surface area (TPSA) is 78.0 Å². The summed E-state index contributed by atoms with van der Waals surface area (Å²) in [7, 11) is 4.76. The van der Waals surface area contributed by atoms with Crippen molar-refractivity contribution in [2.24, 2.45) is 7.05 Å². The van der Waals surface area contributed by atoms with Crippen LogP contribution in [0.1, 0.15) is 10.5 Å². The largest absolute Gasteiger partial charge is 0.493 e. The standard InChI is InChI=1S/C13H12BrN3O4/c1-16-10(12(18)19)11(14)17-7-5-9(21-3)8(20-2)4-6(7)15-13(16)17/h4-5H,1-3H3,(H,18,19). The van der Waals surface area contributed by atoms with Gasteiger partial charge >= 0.3 is 5.97 Å². The molecule has 2 aromatic heterocycles. The molecule has 2 heterocycles. The van der Waals surface area contributed by atoms with Gasteiger partial charge in [0.25, 0.3) is 0 Å². The number of aromatic carboxylic acids is 1. The Kier molecular flexibility index (Phi) is 3.05. The number of ether oxygens (including phenoxy) is 2. The highest BCUT2D eigenvalue weighted by Gasteiger charge is 2.23. The molecule has 1 aromatic carbocycles. The van der Waals surface area contributed by atoms with E-state index in [1.807, 2.05) is 0 Å². The Morgan fingerprint density at radius 3 is 2.48 bits per heavy atom. The number of nitrogens with zero attached hydrogens (tertiary/aromatic N) is 3. The Labute approximate surface area is 127 Å². The molecule has 0 saturated carbocycles. The fraction of sp³-hybridized carbons (Fsp3) is 0.231. The van der Waals surface area contributed by atoms with Crippen LogP contribution in [0.4, 0.5) is 0 Å². The van der Waals surface area contributed by atoms with Crippen LogP contribution in [0, 0.1) is 0 Å². The molecule has 0 spiro atoms. The zero-order valence-electron chi connectivity index (χ0n) is 11.5. The summed E-state index contributed by atoms with van der Waals surface area (Å²) >= 11 is 3.33. The third-order valence-electron chi connectivity index (χ3n) is 3.37. The van der Waals surface area contributed by atoms with Crippen molar-refractivity contribution in [2.75, 3.05) is 14.2 Å². The van der Waals surface area contributed by atoms with Crippen molar-refractivity contribution in [2.45, 2.75) is 0 Å². The number of carboxylic acids is 1. The SMILES string of the molecule is COc1cc2nc3n(C)c(C(=O)O)c(Br)n3c2cc1OC. The van der Waals surface area contributed by atoms with Crippen LogP contribution >= 0.6 is 15.9 Å². The lowest BCUT2D eigenvalue weighted by Crippen LogP contribution is -2.05. The van der Waals surface area contributed by atoms with Crippen molar-refractivity contribution >= 4 is 38.7 Å². The van der Waals surface area contributed by atoms with Crippen molar-refractivity contribution in [1.29, 1.82) is 0 Å². The van der Waals surface area contributed by atoms with Crippen molar-refractivity contribution in [3.05, 3.63) is 22.4 Å². The Morgan fingerprint density at radius 1 is 1.29 bits per heavy atom. The Morgan fingerprint density at radius 2 is 1.90 bits per heavy atom. The first-order chi connectivity index (χ1) is 9.99. The number of hydrogen-bond donors (Lipinski definition) is 1. The van der Waals surface area contributed by atoms with E-state index >= 15 is 0 Å². The summed E-state index contributed by atoms with van der Waals surface area (Å²) in [6, 6.07) is 3.53. The molecule has 0 fully saturated rings. The van der Waals surface area contributed by atoms with E-state index in [1.54, 1.807) is 37.8 Å². The van der Waals surface area contributed by atoms with Gasteiger partial charge in [-0.2, -0.15) is 0 Å². The molecule has 0 radical (unpaired) electrons. The quantitative estimate of drug-likeness (QED) is 0.781. The lowest BCUT2D eigenvalue weighted by atomic mass is 10.2. The zero-order chi connectivity index (χ0) is 15.3. The van der Waals surface area contributed by atoms with Crippen molar-refractivity contribution < 1.29 is 19.4 Å². The number of hydrogen-bond acceptors (Lipinski definition) is 4. The third kappa shape index (κ3) is 1.79. The van der Waals surface area contributed by atoms with Crippen LogP contribution in [-0.2, 0) is 7.05 Å². The average molecular weight is 354 g/mol. The number of aromatic nitrogens is 3. The van der Waals surface area contributed by atoms with E-state index in [2.05, 4.69) is 20.9 Å². The van der Waals surface area contributed by atoms with Crippen LogP contribution in [0.5, 0.6) is 11.5 Å². The maximum absolute atomic E-state index is 11.3. The fourth-order valence-corrected chi connectivity index (χ4v) is 3.17.